The Morgan fingerprint density at radius 2 is 1.67 bits per heavy atom. The first kappa shape index (κ1) is 21.3. The van der Waals surface area contributed by atoms with E-state index in [1.54, 1.807) is 24.2 Å². The number of hydrogen-bond acceptors (Lipinski definition) is 6. The number of nitrogens with two attached hydrogens (primary N) is 1. The number of pyridine rings is 1. The van der Waals surface area contributed by atoms with Crippen molar-refractivity contribution < 1.29 is 0 Å². The van der Waals surface area contributed by atoms with Gasteiger partial charge in [0, 0.05) is 33.9 Å². The average Bonchev–Trinajstić information content (AvgIpc) is 3.07. The minimum Gasteiger partial charge on any atom is -0.368 e. The van der Waals surface area contributed by atoms with E-state index in [-0.39, 0.29) is 5.95 Å². The van der Waals surface area contributed by atoms with Crippen LogP contribution >= 0.6 is 11.8 Å². The van der Waals surface area contributed by atoms with Gasteiger partial charge in [-0.3, -0.25) is 4.98 Å². The largest absolute Gasteiger partial charge is 0.368 e. The number of benzene rings is 1. The molecule has 0 aliphatic heterocycles. The summed E-state index contributed by atoms with van der Waals surface area (Å²) in [6.45, 7) is 4.00. The summed E-state index contributed by atoms with van der Waals surface area (Å²) in [5.41, 5.74) is 8.71. The summed E-state index contributed by atoms with van der Waals surface area (Å²) in [7, 11) is 0. The zero-order valence-corrected chi connectivity index (χ0v) is 17.9. The Balaban J connectivity index is 0.00000124. The predicted octanol–water partition coefficient (Wildman–Crippen LogP) is 6.27. The standard InChI is InChI=1S/C22H19N5S.C2H6/c23-22-26-20(16-5-3-1-2-4-6-16)15-21(27-22)25-17-7-9-18(10-8-17)28-19-11-13-24-14-12-19;1-2/h1-3,5-15H,4H2,(H3,23,25,26,27);1-2H3. The number of nitrogen functional groups attached to an aromatic ring is 1. The molecule has 3 aromatic rings. The highest BCUT2D eigenvalue weighted by Crippen LogP contribution is 2.29. The molecule has 0 saturated carbocycles. The molecule has 4 rings (SSSR count). The normalized spacial score (nSPS) is 12.4. The van der Waals surface area contributed by atoms with Crippen LogP contribution < -0.4 is 11.1 Å². The van der Waals surface area contributed by atoms with Crippen molar-refractivity contribution in [3.05, 3.63) is 90.9 Å². The molecule has 1 aromatic carbocycles. The van der Waals surface area contributed by atoms with Crippen molar-refractivity contribution in [3.63, 3.8) is 0 Å². The fourth-order valence-electron chi connectivity index (χ4n) is 2.74. The molecule has 0 unspecified atom stereocenters. The van der Waals surface area contributed by atoms with E-state index in [4.69, 9.17) is 5.73 Å². The molecular formula is C24H25N5S. The first-order chi connectivity index (χ1) is 14.8. The number of rotatable bonds is 5. The van der Waals surface area contributed by atoms with Gasteiger partial charge in [0.05, 0.1) is 5.69 Å². The summed E-state index contributed by atoms with van der Waals surface area (Å²) >= 11 is 1.69. The number of nitrogens with one attached hydrogen (secondary N) is 1. The highest BCUT2D eigenvalue weighted by atomic mass is 32.2. The van der Waals surface area contributed by atoms with Crippen LogP contribution in [0.25, 0.3) is 5.57 Å². The number of hydrogen-bond donors (Lipinski definition) is 2. The van der Waals surface area contributed by atoms with E-state index in [2.05, 4.69) is 44.6 Å². The second kappa shape index (κ2) is 11.0. The summed E-state index contributed by atoms with van der Waals surface area (Å²) < 4.78 is 0. The summed E-state index contributed by atoms with van der Waals surface area (Å²) in [4.78, 5) is 15.0. The molecule has 152 valence electrons. The maximum absolute atomic E-state index is 5.93. The Morgan fingerprint density at radius 3 is 2.43 bits per heavy atom. The summed E-state index contributed by atoms with van der Waals surface area (Å²) in [5.74, 6) is 0.917. The molecule has 0 saturated heterocycles. The fourth-order valence-corrected chi connectivity index (χ4v) is 3.55. The third-order valence-corrected chi connectivity index (χ3v) is 5.06. The van der Waals surface area contributed by atoms with Crippen LogP contribution in [0.3, 0.4) is 0 Å². The SMILES string of the molecule is CC.Nc1nc(Nc2ccc(Sc3ccncc3)cc2)cc(C2=CCC=CC=C2)n1. The zero-order valence-electron chi connectivity index (χ0n) is 17.1. The highest BCUT2D eigenvalue weighted by Gasteiger charge is 2.07. The van der Waals surface area contributed by atoms with Crippen molar-refractivity contribution >= 4 is 34.8 Å². The molecule has 1 aliphatic carbocycles. The third kappa shape index (κ3) is 6.06. The van der Waals surface area contributed by atoms with Crippen LogP contribution in [0.5, 0.6) is 0 Å². The third-order valence-electron chi connectivity index (χ3n) is 4.05. The van der Waals surface area contributed by atoms with Gasteiger partial charge in [-0.2, -0.15) is 4.98 Å². The maximum atomic E-state index is 5.93. The lowest BCUT2D eigenvalue weighted by Gasteiger charge is -2.10. The molecule has 6 heteroatoms. The van der Waals surface area contributed by atoms with E-state index in [1.807, 2.05) is 62.4 Å². The molecule has 5 nitrogen and oxygen atoms in total. The van der Waals surface area contributed by atoms with Crippen LogP contribution in [0.4, 0.5) is 17.5 Å². The second-order valence-corrected chi connectivity index (χ2v) is 7.26. The minimum atomic E-state index is 0.247. The lowest BCUT2D eigenvalue weighted by Crippen LogP contribution is -2.02. The Bertz CT molecular complexity index is 1040. The van der Waals surface area contributed by atoms with Gasteiger partial charge in [-0.1, -0.05) is 56.0 Å². The van der Waals surface area contributed by atoms with Crippen molar-refractivity contribution in [2.75, 3.05) is 11.1 Å². The van der Waals surface area contributed by atoms with Gasteiger partial charge >= 0.3 is 0 Å². The van der Waals surface area contributed by atoms with Gasteiger partial charge < -0.3 is 11.1 Å². The first-order valence-corrected chi connectivity index (χ1v) is 10.7. The molecule has 2 aromatic heterocycles. The number of nitrogens with zero attached hydrogens (tertiary/aromatic N) is 3. The van der Waals surface area contributed by atoms with Gasteiger partial charge in [-0.15, -0.1) is 0 Å². The fraction of sp³-hybridized carbons (Fsp3) is 0.125. The van der Waals surface area contributed by atoms with Crippen molar-refractivity contribution in [1.29, 1.82) is 0 Å². The highest BCUT2D eigenvalue weighted by molar-refractivity contribution is 7.99. The summed E-state index contributed by atoms with van der Waals surface area (Å²) in [6, 6.07) is 14.1. The Kier molecular flexibility index (Phi) is 7.80. The smallest absolute Gasteiger partial charge is 0.222 e. The molecule has 0 atom stereocenters. The van der Waals surface area contributed by atoms with Crippen molar-refractivity contribution in [2.45, 2.75) is 30.1 Å². The Labute approximate surface area is 181 Å². The van der Waals surface area contributed by atoms with Gasteiger partial charge in [-0.05, 0) is 48.4 Å². The lowest BCUT2D eigenvalue weighted by molar-refractivity contribution is 1.16. The van der Waals surface area contributed by atoms with Crippen molar-refractivity contribution in [2.24, 2.45) is 0 Å². The first-order valence-electron chi connectivity index (χ1n) is 9.89. The Hall–Kier alpha value is -3.38. The molecular weight excluding hydrogens is 390 g/mol. The van der Waals surface area contributed by atoms with Gasteiger partial charge in [0.15, 0.2) is 0 Å². The second-order valence-electron chi connectivity index (χ2n) is 6.11. The quantitative estimate of drug-likeness (QED) is 0.511. The minimum absolute atomic E-state index is 0.247. The van der Waals surface area contributed by atoms with Crippen LogP contribution in [0.1, 0.15) is 26.0 Å². The average molecular weight is 416 g/mol. The van der Waals surface area contributed by atoms with E-state index >= 15 is 0 Å². The van der Waals surface area contributed by atoms with Crippen LogP contribution in [0.2, 0.25) is 0 Å². The Morgan fingerprint density at radius 1 is 0.933 bits per heavy atom. The molecule has 30 heavy (non-hydrogen) atoms. The molecule has 0 radical (unpaired) electrons. The van der Waals surface area contributed by atoms with E-state index in [0.29, 0.717) is 5.82 Å². The predicted molar refractivity (Wildman–Crippen MR) is 127 cm³/mol. The van der Waals surface area contributed by atoms with E-state index in [1.165, 1.54) is 0 Å². The molecule has 0 amide bonds. The van der Waals surface area contributed by atoms with Crippen LogP contribution in [0.15, 0.2) is 95.0 Å². The van der Waals surface area contributed by atoms with Crippen LogP contribution in [-0.4, -0.2) is 15.0 Å². The van der Waals surface area contributed by atoms with Crippen LogP contribution in [-0.2, 0) is 0 Å². The van der Waals surface area contributed by atoms with Crippen molar-refractivity contribution in [3.8, 4) is 0 Å². The molecule has 2 heterocycles. The van der Waals surface area contributed by atoms with Gasteiger partial charge in [0.25, 0.3) is 0 Å². The van der Waals surface area contributed by atoms with Gasteiger partial charge in [-0.25, -0.2) is 4.98 Å². The summed E-state index contributed by atoms with van der Waals surface area (Å²) in [6.07, 6.45) is 14.7. The summed E-state index contributed by atoms with van der Waals surface area (Å²) in [5, 5.41) is 3.31. The van der Waals surface area contributed by atoms with E-state index < -0.39 is 0 Å². The number of anilines is 3. The van der Waals surface area contributed by atoms with Gasteiger partial charge in [0.2, 0.25) is 5.95 Å². The molecule has 3 N–H and O–H groups in total. The molecule has 0 fully saturated rings. The van der Waals surface area contributed by atoms with E-state index in [9.17, 15) is 0 Å². The number of aromatic nitrogens is 3. The van der Waals surface area contributed by atoms with Crippen molar-refractivity contribution in [1.82, 2.24) is 15.0 Å². The van der Waals surface area contributed by atoms with Gasteiger partial charge in [0.1, 0.15) is 5.82 Å². The maximum Gasteiger partial charge on any atom is 0.222 e. The zero-order chi connectivity index (χ0) is 21.2. The molecule has 1 aliphatic rings. The molecule has 0 spiro atoms. The molecule has 0 bridgehead atoms. The number of allylic oxidation sites excluding steroid dienone is 6. The van der Waals surface area contributed by atoms with E-state index in [0.717, 1.165) is 33.2 Å². The topological polar surface area (TPSA) is 76.7 Å². The lowest BCUT2D eigenvalue weighted by atomic mass is 10.1. The monoisotopic (exact) mass is 415 g/mol. The van der Waals surface area contributed by atoms with Crippen LogP contribution in [0, 0.1) is 0 Å².